The molecule has 1 amide bonds. The molecule has 0 aliphatic rings. The first-order chi connectivity index (χ1) is 13.9. The average molecular weight is 398 g/mol. The molecule has 0 unspecified atom stereocenters. The van der Waals surface area contributed by atoms with Crippen LogP contribution in [0.4, 0.5) is 5.69 Å². The van der Waals surface area contributed by atoms with Crippen molar-refractivity contribution in [3.63, 3.8) is 0 Å². The number of benzene rings is 2. The second-order valence-corrected chi connectivity index (χ2v) is 6.39. The number of hydrogen-bond acceptors (Lipinski definition) is 6. The maximum Gasteiger partial charge on any atom is 0.331 e. The molecule has 1 N–H and O–H groups in total. The Morgan fingerprint density at radius 3 is 2.31 bits per heavy atom. The number of esters is 1. The van der Waals surface area contributed by atoms with Gasteiger partial charge in [-0.1, -0.05) is 18.2 Å². The maximum absolute atomic E-state index is 11.9. The van der Waals surface area contributed by atoms with E-state index in [1.807, 2.05) is 43.3 Å². The van der Waals surface area contributed by atoms with Crippen LogP contribution >= 0.6 is 0 Å². The van der Waals surface area contributed by atoms with E-state index in [0.29, 0.717) is 18.0 Å². The quantitative estimate of drug-likeness (QED) is 0.517. The van der Waals surface area contributed by atoms with Crippen molar-refractivity contribution in [2.24, 2.45) is 0 Å². The van der Waals surface area contributed by atoms with Crippen molar-refractivity contribution >= 4 is 23.6 Å². The van der Waals surface area contributed by atoms with E-state index in [-0.39, 0.29) is 12.5 Å². The minimum atomic E-state index is -0.606. The van der Waals surface area contributed by atoms with E-state index in [4.69, 9.17) is 14.2 Å². The molecule has 154 valence electrons. The number of amides is 1. The molecule has 7 heteroatoms. The van der Waals surface area contributed by atoms with E-state index in [1.54, 1.807) is 31.4 Å². The van der Waals surface area contributed by atoms with Crippen LogP contribution in [-0.2, 0) is 20.9 Å². The standard InChI is InChI=1S/C22H26N2O5/c1-24(2)18-9-5-17(6-10-18)14-23-21(25)15-29-22(26)12-8-16-7-11-19(27-3)20(13-16)28-4/h5-13H,14-15H2,1-4H3,(H,23,25)/b12-8+. The molecule has 0 aromatic heterocycles. The predicted octanol–water partition coefficient (Wildman–Crippen LogP) is 2.64. The molecular weight excluding hydrogens is 372 g/mol. The highest BCUT2D eigenvalue weighted by atomic mass is 16.5. The first-order valence-electron chi connectivity index (χ1n) is 9.02. The number of anilines is 1. The second kappa shape index (κ2) is 10.8. The number of carbonyl (C=O) groups excluding carboxylic acids is 2. The summed E-state index contributed by atoms with van der Waals surface area (Å²) in [5, 5.41) is 2.72. The van der Waals surface area contributed by atoms with Crippen LogP contribution in [0.5, 0.6) is 11.5 Å². The van der Waals surface area contributed by atoms with Gasteiger partial charge in [0.15, 0.2) is 18.1 Å². The highest BCUT2D eigenvalue weighted by Gasteiger charge is 2.06. The van der Waals surface area contributed by atoms with Crippen LogP contribution in [0.2, 0.25) is 0 Å². The van der Waals surface area contributed by atoms with Crippen molar-refractivity contribution in [2.45, 2.75) is 6.54 Å². The van der Waals surface area contributed by atoms with Crippen LogP contribution in [0.15, 0.2) is 48.5 Å². The van der Waals surface area contributed by atoms with Gasteiger partial charge in [-0.05, 0) is 41.5 Å². The van der Waals surface area contributed by atoms with Crippen LogP contribution in [0.3, 0.4) is 0 Å². The Labute approximate surface area is 170 Å². The van der Waals surface area contributed by atoms with Crippen molar-refractivity contribution in [1.82, 2.24) is 5.32 Å². The van der Waals surface area contributed by atoms with Gasteiger partial charge in [-0.2, -0.15) is 0 Å². The van der Waals surface area contributed by atoms with Crippen LogP contribution in [0, 0.1) is 0 Å². The number of nitrogens with zero attached hydrogens (tertiary/aromatic N) is 1. The molecule has 29 heavy (non-hydrogen) atoms. The molecule has 2 aromatic rings. The monoisotopic (exact) mass is 398 g/mol. The molecule has 0 spiro atoms. The summed E-state index contributed by atoms with van der Waals surface area (Å²) in [5.74, 6) is 0.182. The number of nitrogens with one attached hydrogen (secondary N) is 1. The molecule has 0 saturated carbocycles. The number of carbonyl (C=O) groups is 2. The number of hydrogen-bond donors (Lipinski definition) is 1. The van der Waals surface area contributed by atoms with Crippen molar-refractivity contribution in [3.8, 4) is 11.5 Å². The van der Waals surface area contributed by atoms with E-state index in [9.17, 15) is 9.59 Å². The zero-order valence-corrected chi connectivity index (χ0v) is 17.1. The van der Waals surface area contributed by atoms with Gasteiger partial charge in [0.1, 0.15) is 0 Å². The summed E-state index contributed by atoms with van der Waals surface area (Å²) in [5.41, 5.74) is 2.78. The lowest BCUT2D eigenvalue weighted by atomic mass is 10.2. The van der Waals surface area contributed by atoms with Crippen LogP contribution in [0.1, 0.15) is 11.1 Å². The maximum atomic E-state index is 11.9. The van der Waals surface area contributed by atoms with Gasteiger partial charge in [0.25, 0.3) is 5.91 Å². The molecule has 0 fully saturated rings. The van der Waals surface area contributed by atoms with E-state index in [2.05, 4.69) is 5.32 Å². The summed E-state index contributed by atoms with van der Waals surface area (Å²) in [6.45, 7) is 0.0243. The summed E-state index contributed by atoms with van der Waals surface area (Å²) in [4.78, 5) is 25.7. The fourth-order valence-corrected chi connectivity index (χ4v) is 2.47. The minimum absolute atomic E-state index is 0.342. The summed E-state index contributed by atoms with van der Waals surface area (Å²) >= 11 is 0. The zero-order chi connectivity index (χ0) is 21.2. The first kappa shape index (κ1) is 21.8. The Bertz CT molecular complexity index is 860. The summed E-state index contributed by atoms with van der Waals surface area (Å²) in [6, 6.07) is 13.1. The Hall–Kier alpha value is -3.48. The third-order valence-electron chi connectivity index (χ3n) is 4.11. The molecule has 0 aliphatic heterocycles. The van der Waals surface area contributed by atoms with Crippen LogP contribution < -0.4 is 19.7 Å². The lowest BCUT2D eigenvalue weighted by molar-refractivity contribution is -0.143. The molecule has 2 aromatic carbocycles. The molecule has 0 bridgehead atoms. The topological polar surface area (TPSA) is 77.1 Å². The summed E-state index contributed by atoms with van der Waals surface area (Å²) < 4.78 is 15.3. The van der Waals surface area contributed by atoms with Gasteiger partial charge in [0.2, 0.25) is 0 Å². The third kappa shape index (κ3) is 6.88. The average Bonchev–Trinajstić information content (AvgIpc) is 2.74. The van der Waals surface area contributed by atoms with Gasteiger partial charge in [-0.15, -0.1) is 0 Å². The van der Waals surface area contributed by atoms with Crippen molar-refractivity contribution in [2.75, 3.05) is 39.8 Å². The smallest absolute Gasteiger partial charge is 0.331 e. The first-order valence-corrected chi connectivity index (χ1v) is 9.02. The summed E-state index contributed by atoms with van der Waals surface area (Å²) in [6.07, 6.45) is 2.84. The van der Waals surface area contributed by atoms with Crippen molar-refractivity contribution < 1.29 is 23.8 Å². The van der Waals surface area contributed by atoms with E-state index >= 15 is 0 Å². The Balaban J connectivity index is 1.78. The van der Waals surface area contributed by atoms with E-state index in [0.717, 1.165) is 16.8 Å². The van der Waals surface area contributed by atoms with Gasteiger partial charge in [0, 0.05) is 32.4 Å². The predicted molar refractivity (Wildman–Crippen MR) is 112 cm³/mol. The highest BCUT2D eigenvalue weighted by molar-refractivity contribution is 5.89. The lowest BCUT2D eigenvalue weighted by Crippen LogP contribution is -2.28. The van der Waals surface area contributed by atoms with Crippen LogP contribution in [-0.4, -0.2) is 46.8 Å². The van der Waals surface area contributed by atoms with Gasteiger partial charge in [-0.25, -0.2) is 4.79 Å². The van der Waals surface area contributed by atoms with Crippen LogP contribution in [0.25, 0.3) is 6.08 Å². The van der Waals surface area contributed by atoms with Gasteiger partial charge >= 0.3 is 5.97 Å². The normalized spacial score (nSPS) is 10.5. The van der Waals surface area contributed by atoms with Crippen molar-refractivity contribution in [1.29, 1.82) is 0 Å². The molecule has 0 saturated heterocycles. The number of methoxy groups -OCH3 is 2. The van der Waals surface area contributed by atoms with Gasteiger partial charge in [0.05, 0.1) is 14.2 Å². The number of ether oxygens (including phenoxy) is 3. The highest BCUT2D eigenvalue weighted by Crippen LogP contribution is 2.27. The molecule has 0 radical (unpaired) electrons. The molecule has 0 atom stereocenters. The largest absolute Gasteiger partial charge is 0.493 e. The fourth-order valence-electron chi connectivity index (χ4n) is 2.47. The lowest BCUT2D eigenvalue weighted by Gasteiger charge is -2.12. The Morgan fingerprint density at radius 1 is 1.00 bits per heavy atom. The minimum Gasteiger partial charge on any atom is -0.493 e. The SMILES string of the molecule is COc1ccc(/C=C/C(=O)OCC(=O)NCc2ccc(N(C)C)cc2)cc1OC. The fraction of sp³-hybridized carbons (Fsp3) is 0.273. The Kier molecular flexibility index (Phi) is 8.09. The molecule has 7 nitrogen and oxygen atoms in total. The number of rotatable bonds is 9. The molecule has 0 aliphatic carbocycles. The third-order valence-corrected chi connectivity index (χ3v) is 4.11. The van der Waals surface area contributed by atoms with Gasteiger partial charge < -0.3 is 24.4 Å². The molecule has 0 heterocycles. The Morgan fingerprint density at radius 2 is 1.69 bits per heavy atom. The second-order valence-electron chi connectivity index (χ2n) is 6.39. The van der Waals surface area contributed by atoms with Crippen molar-refractivity contribution in [3.05, 3.63) is 59.7 Å². The molecule has 2 rings (SSSR count). The summed E-state index contributed by atoms with van der Waals surface area (Å²) in [7, 11) is 7.01. The van der Waals surface area contributed by atoms with Gasteiger partial charge in [-0.3, -0.25) is 4.79 Å². The molecular formula is C22H26N2O5. The van der Waals surface area contributed by atoms with E-state index < -0.39 is 5.97 Å². The zero-order valence-electron chi connectivity index (χ0n) is 17.1. The van der Waals surface area contributed by atoms with E-state index in [1.165, 1.54) is 13.2 Å².